The molecule has 8 nitrogen and oxygen atoms in total. The third-order valence-electron chi connectivity index (χ3n) is 4.91. The van der Waals surface area contributed by atoms with Gasteiger partial charge < -0.3 is 10.1 Å². The normalized spacial score (nSPS) is 17.5. The molecule has 1 amide bonds. The van der Waals surface area contributed by atoms with Crippen molar-refractivity contribution in [2.24, 2.45) is 0 Å². The Labute approximate surface area is 162 Å². The number of hydrogen-bond acceptors (Lipinski definition) is 6. The van der Waals surface area contributed by atoms with Crippen LogP contribution in [-0.4, -0.2) is 57.6 Å². The van der Waals surface area contributed by atoms with E-state index in [0.717, 1.165) is 22.3 Å². The number of rotatable bonds is 5. The van der Waals surface area contributed by atoms with Gasteiger partial charge in [0.2, 0.25) is 5.91 Å². The maximum atomic E-state index is 12.2. The SMILES string of the molecule is COC(=O)C[C@H]1C(=O)NCCN1Cc1cnc2c(-c3ccccc3)cnn2c1. The number of carbonyl (C=O) groups is 2. The number of benzene rings is 1. The summed E-state index contributed by atoms with van der Waals surface area (Å²) in [5.41, 5.74) is 3.72. The third-order valence-corrected chi connectivity index (χ3v) is 4.91. The summed E-state index contributed by atoms with van der Waals surface area (Å²) in [6.07, 6.45) is 5.54. The number of nitrogens with zero attached hydrogens (tertiary/aromatic N) is 4. The summed E-state index contributed by atoms with van der Waals surface area (Å²) >= 11 is 0. The third kappa shape index (κ3) is 3.59. The topological polar surface area (TPSA) is 88.8 Å². The number of nitrogens with one attached hydrogen (secondary N) is 1. The molecular formula is C20H21N5O3. The monoisotopic (exact) mass is 379 g/mol. The lowest BCUT2D eigenvalue weighted by atomic mass is 10.1. The molecule has 1 aromatic carbocycles. The molecule has 144 valence electrons. The highest BCUT2D eigenvalue weighted by Crippen LogP contribution is 2.23. The summed E-state index contributed by atoms with van der Waals surface area (Å²) in [4.78, 5) is 30.5. The van der Waals surface area contributed by atoms with Gasteiger partial charge in [0, 0.05) is 43.2 Å². The van der Waals surface area contributed by atoms with Gasteiger partial charge in [0.1, 0.15) is 6.04 Å². The Bertz CT molecular complexity index is 1000. The Hall–Kier alpha value is -3.26. The van der Waals surface area contributed by atoms with E-state index in [4.69, 9.17) is 4.74 Å². The van der Waals surface area contributed by atoms with Crippen LogP contribution in [0.4, 0.5) is 0 Å². The van der Waals surface area contributed by atoms with E-state index in [1.165, 1.54) is 7.11 Å². The standard InChI is InChI=1S/C20H21N5O3/c1-28-18(26)9-17-20(27)21-7-8-24(17)12-14-10-22-19-16(11-23-25(19)13-14)15-5-3-2-4-6-15/h2-6,10-11,13,17H,7-9,12H2,1H3,(H,21,27)/t17-/m0/s1. The number of piperazine rings is 1. The Morgan fingerprint density at radius 1 is 1.29 bits per heavy atom. The zero-order valence-electron chi connectivity index (χ0n) is 15.5. The van der Waals surface area contributed by atoms with Crippen LogP contribution in [0.3, 0.4) is 0 Å². The minimum atomic E-state index is -0.547. The minimum Gasteiger partial charge on any atom is -0.469 e. The van der Waals surface area contributed by atoms with Crippen molar-refractivity contribution >= 4 is 17.5 Å². The van der Waals surface area contributed by atoms with Gasteiger partial charge in [-0.2, -0.15) is 5.10 Å². The second kappa shape index (κ2) is 7.77. The quantitative estimate of drug-likeness (QED) is 0.672. The minimum absolute atomic E-state index is 0.0257. The van der Waals surface area contributed by atoms with E-state index in [9.17, 15) is 9.59 Å². The van der Waals surface area contributed by atoms with Gasteiger partial charge in [-0.25, -0.2) is 9.50 Å². The zero-order valence-corrected chi connectivity index (χ0v) is 15.5. The number of aromatic nitrogens is 3. The van der Waals surface area contributed by atoms with E-state index in [-0.39, 0.29) is 12.3 Å². The number of esters is 1. The predicted molar refractivity (Wildman–Crippen MR) is 102 cm³/mol. The first-order valence-electron chi connectivity index (χ1n) is 9.12. The second-order valence-electron chi connectivity index (χ2n) is 6.71. The highest BCUT2D eigenvalue weighted by atomic mass is 16.5. The fourth-order valence-electron chi connectivity index (χ4n) is 3.47. The Balaban J connectivity index is 1.57. The van der Waals surface area contributed by atoms with Crippen molar-refractivity contribution in [3.05, 3.63) is 54.5 Å². The van der Waals surface area contributed by atoms with Crippen molar-refractivity contribution < 1.29 is 14.3 Å². The molecule has 4 rings (SSSR count). The molecule has 0 aliphatic carbocycles. The molecule has 1 atom stereocenters. The van der Waals surface area contributed by atoms with Crippen molar-refractivity contribution in [3.63, 3.8) is 0 Å². The van der Waals surface area contributed by atoms with E-state index in [2.05, 4.69) is 15.4 Å². The van der Waals surface area contributed by atoms with Gasteiger partial charge in [-0.1, -0.05) is 30.3 Å². The van der Waals surface area contributed by atoms with Gasteiger partial charge in [0.15, 0.2) is 5.65 Å². The van der Waals surface area contributed by atoms with Crippen molar-refractivity contribution in [1.82, 2.24) is 24.8 Å². The smallest absolute Gasteiger partial charge is 0.307 e. The Kier molecular flexibility index (Phi) is 5.03. The first kappa shape index (κ1) is 18.1. The fourth-order valence-corrected chi connectivity index (χ4v) is 3.47. The molecular weight excluding hydrogens is 358 g/mol. The molecule has 28 heavy (non-hydrogen) atoms. The van der Waals surface area contributed by atoms with Gasteiger partial charge in [-0.05, 0) is 5.56 Å². The van der Waals surface area contributed by atoms with Crippen molar-refractivity contribution in [2.75, 3.05) is 20.2 Å². The molecule has 2 aromatic heterocycles. The highest BCUT2D eigenvalue weighted by Gasteiger charge is 2.32. The summed E-state index contributed by atoms with van der Waals surface area (Å²) < 4.78 is 6.48. The number of amides is 1. The summed E-state index contributed by atoms with van der Waals surface area (Å²) in [6.45, 7) is 1.70. The molecule has 1 aliphatic rings. The van der Waals surface area contributed by atoms with Crippen LogP contribution in [0.15, 0.2) is 48.9 Å². The Morgan fingerprint density at radius 2 is 2.11 bits per heavy atom. The number of fused-ring (bicyclic) bond motifs is 1. The summed E-state index contributed by atoms with van der Waals surface area (Å²) in [5.74, 6) is -0.559. The lowest BCUT2D eigenvalue weighted by Gasteiger charge is -2.34. The molecule has 1 saturated heterocycles. The lowest BCUT2D eigenvalue weighted by Crippen LogP contribution is -2.55. The van der Waals surface area contributed by atoms with Crippen molar-refractivity contribution in [3.8, 4) is 11.1 Å². The Morgan fingerprint density at radius 3 is 2.89 bits per heavy atom. The number of ether oxygens (including phenoxy) is 1. The first-order valence-corrected chi connectivity index (χ1v) is 9.12. The molecule has 1 aliphatic heterocycles. The summed E-state index contributed by atoms with van der Waals surface area (Å²) in [6, 6.07) is 9.44. The molecule has 1 N–H and O–H groups in total. The lowest BCUT2D eigenvalue weighted by molar-refractivity contribution is -0.146. The molecule has 0 unspecified atom stereocenters. The van der Waals surface area contributed by atoms with E-state index in [1.807, 2.05) is 41.4 Å². The van der Waals surface area contributed by atoms with Crippen LogP contribution >= 0.6 is 0 Å². The van der Waals surface area contributed by atoms with E-state index < -0.39 is 12.0 Å². The summed E-state index contributed by atoms with van der Waals surface area (Å²) in [5, 5.41) is 7.23. The van der Waals surface area contributed by atoms with Crippen LogP contribution in [-0.2, 0) is 20.9 Å². The van der Waals surface area contributed by atoms with Gasteiger partial charge in [0.05, 0.1) is 19.7 Å². The van der Waals surface area contributed by atoms with E-state index in [0.29, 0.717) is 19.6 Å². The average molecular weight is 379 g/mol. The first-order chi connectivity index (χ1) is 13.7. The molecule has 0 saturated carbocycles. The largest absolute Gasteiger partial charge is 0.469 e. The molecule has 3 aromatic rings. The van der Waals surface area contributed by atoms with E-state index in [1.54, 1.807) is 16.9 Å². The van der Waals surface area contributed by atoms with Crippen LogP contribution in [0.1, 0.15) is 12.0 Å². The highest BCUT2D eigenvalue weighted by molar-refractivity contribution is 5.87. The second-order valence-corrected chi connectivity index (χ2v) is 6.71. The predicted octanol–water partition coefficient (Wildman–Crippen LogP) is 1.26. The number of hydrogen-bond donors (Lipinski definition) is 1. The summed E-state index contributed by atoms with van der Waals surface area (Å²) in [7, 11) is 1.33. The van der Waals surface area contributed by atoms with Gasteiger partial charge >= 0.3 is 5.97 Å². The van der Waals surface area contributed by atoms with Gasteiger partial charge in [-0.3, -0.25) is 14.5 Å². The molecule has 8 heteroatoms. The van der Waals surface area contributed by atoms with Crippen LogP contribution < -0.4 is 5.32 Å². The van der Waals surface area contributed by atoms with Gasteiger partial charge in [-0.15, -0.1) is 0 Å². The van der Waals surface area contributed by atoms with Gasteiger partial charge in [0.25, 0.3) is 0 Å². The number of methoxy groups -OCH3 is 1. The molecule has 3 heterocycles. The van der Waals surface area contributed by atoms with Crippen LogP contribution in [0, 0.1) is 0 Å². The maximum absolute atomic E-state index is 12.2. The molecule has 0 spiro atoms. The fraction of sp³-hybridized carbons (Fsp3) is 0.300. The van der Waals surface area contributed by atoms with E-state index >= 15 is 0 Å². The molecule has 0 bridgehead atoms. The van der Waals surface area contributed by atoms with Crippen LogP contribution in [0.5, 0.6) is 0 Å². The molecule has 1 fully saturated rings. The van der Waals surface area contributed by atoms with Crippen LogP contribution in [0.2, 0.25) is 0 Å². The average Bonchev–Trinajstić information content (AvgIpc) is 3.14. The van der Waals surface area contributed by atoms with Crippen molar-refractivity contribution in [1.29, 1.82) is 0 Å². The van der Waals surface area contributed by atoms with Crippen molar-refractivity contribution in [2.45, 2.75) is 19.0 Å². The molecule has 0 radical (unpaired) electrons. The van der Waals surface area contributed by atoms with Crippen LogP contribution in [0.25, 0.3) is 16.8 Å². The zero-order chi connectivity index (χ0) is 19.5. The maximum Gasteiger partial charge on any atom is 0.307 e. The number of carbonyl (C=O) groups excluding carboxylic acids is 2.